The lowest BCUT2D eigenvalue weighted by molar-refractivity contribution is 0.103. The Hall–Kier alpha value is -2.60. The molecule has 0 aliphatic heterocycles. The van der Waals surface area contributed by atoms with Crippen LogP contribution >= 0.6 is 11.3 Å². The van der Waals surface area contributed by atoms with Gasteiger partial charge in [0.1, 0.15) is 15.5 Å². The van der Waals surface area contributed by atoms with Crippen LogP contribution in [0.2, 0.25) is 0 Å². The van der Waals surface area contributed by atoms with Crippen molar-refractivity contribution in [3.63, 3.8) is 0 Å². The fourth-order valence-electron chi connectivity index (χ4n) is 3.80. The molecule has 6 heteroatoms. The Labute approximate surface area is 168 Å². The Kier molecular flexibility index (Phi) is 5.22. The summed E-state index contributed by atoms with van der Waals surface area (Å²) in [6, 6.07) is 9.52. The maximum atomic E-state index is 12.8. The zero-order valence-electron chi connectivity index (χ0n) is 16.2. The van der Waals surface area contributed by atoms with Gasteiger partial charge < -0.3 is 15.8 Å². The molecule has 5 nitrogen and oxygen atoms in total. The van der Waals surface area contributed by atoms with Gasteiger partial charge in [-0.2, -0.15) is 0 Å². The normalized spacial score (nSPS) is 16.0. The molecule has 146 valence electrons. The Balaban J connectivity index is 1.63. The molecular weight excluding hydrogens is 370 g/mol. The van der Waals surface area contributed by atoms with E-state index in [1.165, 1.54) is 29.7 Å². The molecule has 1 aromatic carbocycles. The zero-order valence-corrected chi connectivity index (χ0v) is 17.1. The number of pyridine rings is 1. The first kappa shape index (κ1) is 18.7. The van der Waals surface area contributed by atoms with E-state index in [-0.39, 0.29) is 5.91 Å². The second-order valence-electron chi connectivity index (χ2n) is 7.22. The summed E-state index contributed by atoms with van der Waals surface area (Å²) >= 11 is 1.37. The maximum Gasteiger partial charge on any atom is 0.267 e. The first-order chi connectivity index (χ1) is 13.6. The van der Waals surface area contributed by atoms with E-state index in [1.54, 1.807) is 0 Å². The smallest absolute Gasteiger partial charge is 0.267 e. The maximum absolute atomic E-state index is 12.8. The number of nitrogens with two attached hydrogens (primary N) is 1. The third kappa shape index (κ3) is 3.56. The van der Waals surface area contributed by atoms with Gasteiger partial charge in [0.15, 0.2) is 0 Å². The fraction of sp³-hybridized carbons (Fsp3) is 0.364. The van der Waals surface area contributed by atoms with Crippen molar-refractivity contribution in [1.82, 2.24) is 4.98 Å². The lowest BCUT2D eigenvalue weighted by Gasteiger charge is -2.22. The summed E-state index contributed by atoms with van der Waals surface area (Å²) in [4.78, 5) is 19.0. The molecule has 2 heterocycles. The summed E-state index contributed by atoms with van der Waals surface area (Å²) in [5.74, 6) is 1.23. The zero-order chi connectivity index (χ0) is 19.7. The number of ether oxygens (including phenoxy) is 1. The van der Waals surface area contributed by atoms with Crippen molar-refractivity contribution in [3.05, 3.63) is 46.5 Å². The number of fused-ring (bicyclic) bond motifs is 2. The minimum Gasteiger partial charge on any atom is -0.494 e. The molecule has 3 aromatic rings. The van der Waals surface area contributed by atoms with Crippen LogP contribution in [-0.2, 0) is 12.8 Å². The number of carbonyl (C=O) groups excluding carboxylic acids is 1. The average Bonchev–Trinajstić information content (AvgIpc) is 3.02. The van der Waals surface area contributed by atoms with Crippen LogP contribution in [0.3, 0.4) is 0 Å². The van der Waals surface area contributed by atoms with Crippen molar-refractivity contribution >= 4 is 38.8 Å². The summed E-state index contributed by atoms with van der Waals surface area (Å²) in [6.45, 7) is 4.75. The number of anilines is 2. The van der Waals surface area contributed by atoms with Gasteiger partial charge in [0, 0.05) is 22.8 Å². The van der Waals surface area contributed by atoms with E-state index in [4.69, 9.17) is 15.5 Å². The van der Waals surface area contributed by atoms with E-state index < -0.39 is 0 Å². The van der Waals surface area contributed by atoms with Crippen LogP contribution in [-0.4, -0.2) is 17.5 Å². The van der Waals surface area contributed by atoms with Crippen molar-refractivity contribution < 1.29 is 9.53 Å². The van der Waals surface area contributed by atoms with Crippen LogP contribution in [0, 0.1) is 5.92 Å². The molecule has 0 radical (unpaired) electrons. The second-order valence-corrected chi connectivity index (χ2v) is 8.22. The van der Waals surface area contributed by atoms with Gasteiger partial charge >= 0.3 is 0 Å². The highest BCUT2D eigenvalue weighted by atomic mass is 32.1. The molecule has 0 unspecified atom stereocenters. The van der Waals surface area contributed by atoms with E-state index in [2.05, 4.69) is 18.3 Å². The minimum absolute atomic E-state index is 0.210. The summed E-state index contributed by atoms with van der Waals surface area (Å²) in [7, 11) is 0. The summed E-state index contributed by atoms with van der Waals surface area (Å²) in [5.41, 5.74) is 10.0. The number of benzene rings is 1. The lowest BCUT2D eigenvalue weighted by atomic mass is 9.85. The van der Waals surface area contributed by atoms with E-state index in [9.17, 15) is 4.79 Å². The van der Waals surface area contributed by atoms with Crippen molar-refractivity contribution in [1.29, 1.82) is 0 Å². The number of hydrogen-bond acceptors (Lipinski definition) is 5. The number of nitrogen functional groups attached to an aromatic ring is 1. The highest BCUT2D eigenvalue weighted by Gasteiger charge is 2.23. The molecule has 1 atom stereocenters. The molecule has 28 heavy (non-hydrogen) atoms. The van der Waals surface area contributed by atoms with Crippen molar-refractivity contribution in [3.8, 4) is 5.75 Å². The summed E-state index contributed by atoms with van der Waals surface area (Å²) in [5, 5.41) is 3.83. The fourth-order valence-corrected chi connectivity index (χ4v) is 4.79. The number of amides is 1. The number of aryl methyl sites for hydroxylation is 1. The molecule has 4 rings (SSSR count). The summed E-state index contributed by atoms with van der Waals surface area (Å²) in [6.07, 6.45) is 4.43. The molecule has 1 aliphatic carbocycles. The lowest BCUT2D eigenvalue weighted by Crippen LogP contribution is -2.14. The van der Waals surface area contributed by atoms with E-state index in [1.807, 2.05) is 31.2 Å². The van der Waals surface area contributed by atoms with Crippen LogP contribution in [0.15, 0.2) is 30.3 Å². The Morgan fingerprint density at radius 1 is 1.36 bits per heavy atom. The van der Waals surface area contributed by atoms with Crippen molar-refractivity contribution in [2.75, 3.05) is 17.7 Å². The Bertz CT molecular complexity index is 1030. The van der Waals surface area contributed by atoms with Crippen molar-refractivity contribution in [2.45, 2.75) is 39.5 Å². The quantitative estimate of drug-likeness (QED) is 0.634. The SMILES string of the molecule is CCOc1cccc(NC(=O)c2sc3nc4c(cc3c2N)C[C@@H](CC)CC4)c1. The van der Waals surface area contributed by atoms with Crippen LogP contribution in [0.25, 0.3) is 10.2 Å². The number of carbonyl (C=O) groups is 1. The molecule has 0 bridgehead atoms. The first-order valence-corrected chi connectivity index (χ1v) is 10.7. The standard InChI is InChI=1S/C22H25N3O2S/c1-3-13-8-9-18-14(10-13)11-17-19(23)20(28-22(17)25-18)21(26)24-15-6-5-7-16(12-15)27-4-2/h5-7,11-13H,3-4,8-10,23H2,1-2H3,(H,24,26)/t13-/m0/s1. The van der Waals surface area contributed by atoms with Crippen LogP contribution < -0.4 is 15.8 Å². The molecule has 0 spiro atoms. The Morgan fingerprint density at radius 3 is 3.00 bits per heavy atom. The number of rotatable bonds is 5. The Morgan fingerprint density at radius 2 is 2.21 bits per heavy atom. The molecular formula is C22H25N3O2S. The van der Waals surface area contributed by atoms with Crippen LogP contribution in [0.4, 0.5) is 11.4 Å². The second kappa shape index (κ2) is 7.80. The van der Waals surface area contributed by atoms with Gasteiger partial charge in [0.2, 0.25) is 0 Å². The van der Waals surface area contributed by atoms with Gasteiger partial charge in [0.25, 0.3) is 5.91 Å². The number of nitrogens with zero attached hydrogens (tertiary/aromatic N) is 1. The highest BCUT2D eigenvalue weighted by Crippen LogP contribution is 2.37. The predicted octanol–water partition coefficient (Wildman–Crippen LogP) is 5.04. The number of aromatic nitrogens is 1. The molecule has 1 amide bonds. The largest absolute Gasteiger partial charge is 0.494 e. The molecule has 0 saturated heterocycles. The van der Waals surface area contributed by atoms with Crippen molar-refractivity contribution in [2.24, 2.45) is 5.92 Å². The van der Waals surface area contributed by atoms with Gasteiger partial charge in [-0.1, -0.05) is 19.4 Å². The van der Waals surface area contributed by atoms with E-state index in [0.717, 1.165) is 34.5 Å². The van der Waals surface area contributed by atoms with Gasteiger partial charge in [-0.05, 0) is 55.9 Å². The van der Waals surface area contributed by atoms with Gasteiger partial charge in [0.05, 0.1) is 12.3 Å². The minimum atomic E-state index is -0.210. The van der Waals surface area contributed by atoms with Crippen LogP contribution in [0.5, 0.6) is 5.75 Å². The van der Waals surface area contributed by atoms with Gasteiger partial charge in [-0.3, -0.25) is 4.79 Å². The van der Waals surface area contributed by atoms with E-state index in [0.29, 0.717) is 28.8 Å². The molecule has 0 fully saturated rings. The number of nitrogens with one attached hydrogen (secondary N) is 1. The molecule has 1 aliphatic rings. The third-order valence-electron chi connectivity index (χ3n) is 5.37. The monoisotopic (exact) mass is 395 g/mol. The average molecular weight is 396 g/mol. The van der Waals surface area contributed by atoms with E-state index >= 15 is 0 Å². The first-order valence-electron chi connectivity index (χ1n) is 9.84. The topological polar surface area (TPSA) is 77.2 Å². The number of thiophene rings is 1. The molecule has 2 aromatic heterocycles. The van der Waals surface area contributed by atoms with Crippen LogP contribution in [0.1, 0.15) is 47.6 Å². The number of hydrogen-bond donors (Lipinski definition) is 2. The molecule has 0 saturated carbocycles. The predicted molar refractivity (Wildman–Crippen MR) is 115 cm³/mol. The molecule has 3 N–H and O–H groups in total. The highest BCUT2D eigenvalue weighted by molar-refractivity contribution is 7.21. The third-order valence-corrected chi connectivity index (χ3v) is 6.49. The van der Waals surface area contributed by atoms with Gasteiger partial charge in [-0.25, -0.2) is 4.98 Å². The van der Waals surface area contributed by atoms with Gasteiger partial charge in [-0.15, -0.1) is 11.3 Å². The summed E-state index contributed by atoms with van der Waals surface area (Å²) < 4.78 is 5.50.